The van der Waals surface area contributed by atoms with Gasteiger partial charge in [-0.25, -0.2) is 0 Å². The highest BCUT2D eigenvalue weighted by atomic mass is 16.5. The molecule has 0 bridgehead atoms. The molecule has 0 aliphatic heterocycles. The maximum atomic E-state index is 11.3. The van der Waals surface area contributed by atoms with E-state index in [0.29, 0.717) is 30.1 Å². The van der Waals surface area contributed by atoms with Gasteiger partial charge < -0.3 is 9.84 Å². The number of allylic oxidation sites excluding steroid dienone is 3. The van der Waals surface area contributed by atoms with Crippen molar-refractivity contribution in [1.82, 2.24) is 0 Å². The van der Waals surface area contributed by atoms with Crippen molar-refractivity contribution in [2.45, 2.75) is 32.6 Å². The highest BCUT2D eigenvalue weighted by Crippen LogP contribution is 2.43. The van der Waals surface area contributed by atoms with Gasteiger partial charge in [-0.2, -0.15) is 0 Å². The Hall–Kier alpha value is -1.09. The van der Waals surface area contributed by atoms with Crippen LogP contribution in [-0.4, -0.2) is 24.8 Å². The molecule has 4 atom stereocenters. The van der Waals surface area contributed by atoms with Gasteiger partial charge in [-0.15, -0.1) is 0 Å². The third kappa shape index (κ3) is 3.27. The number of rotatable bonds is 4. The Bertz CT molecular complexity index is 383. The van der Waals surface area contributed by atoms with Gasteiger partial charge in [0, 0.05) is 18.9 Å². The van der Waals surface area contributed by atoms with Crippen molar-refractivity contribution in [3.8, 4) is 0 Å². The molecule has 0 amide bonds. The smallest absolute Gasteiger partial charge is 0.305 e. The second-order valence-electron chi connectivity index (χ2n) is 5.79. The van der Waals surface area contributed by atoms with E-state index in [1.807, 2.05) is 0 Å². The average Bonchev–Trinajstić information content (AvgIpc) is 2.45. The number of carbonyl (C=O) groups is 1. The molecule has 0 fully saturated rings. The first kappa shape index (κ1) is 14.3. The zero-order chi connectivity index (χ0) is 13.8. The first-order valence-electron chi connectivity index (χ1n) is 7.23. The van der Waals surface area contributed by atoms with Crippen LogP contribution in [0.3, 0.4) is 0 Å². The van der Waals surface area contributed by atoms with E-state index in [0.717, 1.165) is 19.3 Å². The molecule has 3 nitrogen and oxygen atoms in total. The average molecular weight is 264 g/mol. The molecule has 0 saturated heterocycles. The SMILES string of the molecule is COC(=O)CC[C@H]1[C@@H](C)C=CC2=C[C@@H](CO)CC[C@@H]21. The molecule has 2 rings (SSSR count). The molecule has 1 N–H and O–H groups in total. The van der Waals surface area contributed by atoms with Crippen LogP contribution in [-0.2, 0) is 9.53 Å². The number of aliphatic hydroxyl groups excluding tert-OH is 1. The van der Waals surface area contributed by atoms with Gasteiger partial charge in [0.1, 0.15) is 0 Å². The van der Waals surface area contributed by atoms with Gasteiger partial charge in [0.05, 0.1) is 7.11 Å². The summed E-state index contributed by atoms with van der Waals surface area (Å²) in [4.78, 5) is 11.3. The summed E-state index contributed by atoms with van der Waals surface area (Å²) in [5.74, 6) is 1.78. The van der Waals surface area contributed by atoms with Crippen molar-refractivity contribution >= 4 is 5.97 Å². The van der Waals surface area contributed by atoms with E-state index in [1.165, 1.54) is 12.7 Å². The summed E-state index contributed by atoms with van der Waals surface area (Å²) >= 11 is 0. The highest BCUT2D eigenvalue weighted by Gasteiger charge is 2.33. The van der Waals surface area contributed by atoms with Crippen LogP contribution in [0.1, 0.15) is 32.6 Å². The topological polar surface area (TPSA) is 46.5 Å². The summed E-state index contributed by atoms with van der Waals surface area (Å²) in [5, 5.41) is 9.28. The molecule has 0 heterocycles. The Kier molecular flexibility index (Phi) is 4.81. The number of esters is 1. The van der Waals surface area contributed by atoms with E-state index in [9.17, 15) is 9.90 Å². The molecule has 2 aliphatic rings. The van der Waals surface area contributed by atoms with Crippen LogP contribution in [0.4, 0.5) is 0 Å². The Labute approximate surface area is 115 Å². The third-order valence-corrected chi connectivity index (χ3v) is 4.63. The number of hydrogen-bond donors (Lipinski definition) is 1. The molecule has 0 unspecified atom stereocenters. The van der Waals surface area contributed by atoms with E-state index in [-0.39, 0.29) is 12.6 Å². The van der Waals surface area contributed by atoms with Crippen LogP contribution in [0.5, 0.6) is 0 Å². The minimum atomic E-state index is -0.115. The molecule has 0 aromatic rings. The van der Waals surface area contributed by atoms with Crippen LogP contribution in [0, 0.1) is 23.7 Å². The van der Waals surface area contributed by atoms with Gasteiger partial charge in [-0.3, -0.25) is 4.79 Å². The van der Waals surface area contributed by atoms with Crippen molar-refractivity contribution in [2.24, 2.45) is 23.7 Å². The second kappa shape index (κ2) is 6.38. The quantitative estimate of drug-likeness (QED) is 0.794. The standard InChI is InChI=1S/C16H24O3/c1-11-3-5-13-9-12(10-17)4-6-15(13)14(11)7-8-16(18)19-2/h3,5,9,11-12,14-15,17H,4,6-8,10H2,1-2H3/t11-,12-,14-,15-/m0/s1. The Morgan fingerprint density at radius 1 is 1.47 bits per heavy atom. The Morgan fingerprint density at radius 2 is 2.26 bits per heavy atom. The van der Waals surface area contributed by atoms with Crippen molar-refractivity contribution in [1.29, 1.82) is 0 Å². The molecule has 0 saturated carbocycles. The predicted octanol–water partition coefficient (Wildman–Crippen LogP) is 2.71. The van der Waals surface area contributed by atoms with Crippen molar-refractivity contribution in [3.05, 3.63) is 23.8 Å². The van der Waals surface area contributed by atoms with Gasteiger partial charge in [0.2, 0.25) is 0 Å². The van der Waals surface area contributed by atoms with E-state index in [1.54, 1.807) is 0 Å². The Morgan fingerprint density at radius 3 is 2.95 bits per heavy atom. The lowest BCUT2D eigenvalue weighted by Gasteiger charge is -2.38. The molecular formula is C16H24O3. The summed E-state index contributed by atoms with van der Waals surface area (Å²) in [6, 6.07) is 0. The normalized spacial score (nSPS) is 33.5. The summed E-state index contributed by atoms with van der Waals surface area (Å²) < 4.78 is 4.74. The summed E-state index contributed by atoms with van der Waals surface area (Å²) in [7, 11) is 1.45. The molecular weight excluding hydrogens is 240 g/mol. The zero-order valence-electron chi connectivity index (χ0n) is 11.8. The zero-order valence-corrected chi connectivity index (χ0v) is 11.8. The van der Waals surface area contributed by atoms with Crippen LogP contribution in [0.25, 0.3) is 0 Å². The van der Waals surface area contributed by atoms with Crippen LogP contribution < -0.4 is 0 Å². The molecule has 3 heteroatoms. The minimum absolute atomic E-state index is 0.115. The molecule has 2 aliphatic carbocycles. The maximum Gasteiger partial charge on any atom is 0.305 e. The van der Waals surface area contributed by atoms with E-state index in [2.05, 4.69) is 25.2 Å². The van der Waals surface area contributed by atoms with E-state index < -0.39 is 0 Å². The fraction of sp³-hybridized carbons (Fsp3) is 0.688. The van der Waals surface area contributed by atoms with Crippen LogP contribution in [0.15, 0.2) is 23.8 Å². The highest BCUT2D eigenvalue weighted by molar-refractivity contribution is 5.69. The van der Waals surface area contributed by atoms with Crippen LogP contribution in [0.2, 0.25) is 0 Å². The number of aliphatic hydroxyl groups is 1. The summed E-state index contributed by atoms with van der Waals surface area (Å²) in [6.45, 7) is 2.47. The fourth-order valence-electron chi connectivity index (χ4n) is 3.45. The van der Waals surface area contributed by atoms with Gasteiger partial charge in [0.15, 0.2) is 0 Å². The molecule has 0 radical (unpaired) electrons. The fourth-order valence-corrected chi connectivity index (χ4v) is 3.45. The lowest BCUT2D eigenvalue weighted by atomic mass is 9.67. The molecule has 19 heavy (non-hydrogen) atoms. The number of ether oxygens (including phenoxy) is 1. The number of methoxy groups -OCH3 is 1. The third-order valence-electron chi connectivity index (χ3n) is 4.63. The van der Waals surface area contributed by atoms with Crippen molar-refractivity contribution in [2.75, 3.05) is 13.7 Å². The summed E-state index contributed by atoms with van der Waals surface area (Å²) in [5.41, 5.74) is 1.36. The lowest BCUT2D eigenvalue weighted by Crippen LogP contribution is -2.30. The number of hydrogen-bond acceptors (Lipinski definition) is 3. The van der Waals surface area contributed by atoms with Crippen LogP contribution >= 0.6 is 0 Å². The Balaban J connectivity index is 2.07. The largest absolute Gasteiger partial charge is 0.469 e. The van der Waals surface area contributed by atoms with Gasteiger partial charge in [-0.1, -0.05) is 25.2 Å². The summed E-state index contributed by atoms with van der Waals surface area (Å²) in [6.07, 6.45) is 10.3. The molecule has 106 valence electrons. The first-order chi connectivity index (χ1) is 9.15. The monoisotopic (exact) mass is 264 g/mol. The molecule has 0 spiro atoms. The second-order valence-corrected chi connectivity index (χ2v) is 5.79. The lowest BCUT2D eigenvalue weighted by molar-refractivity contribution is -0.141. The molecule has 0 aromatic carbocycles. The van der Waals surface area contributed by atoms with E-state index in [4.69, 9.17) is 4.74 Å². The predicted molar refractivity (Wildman–Crippen MR) is 74.4 cm³/mol. The number of fused-ring (bicyclic) bond motifs is 1. The van der Waals surface area contributed by atoms with Gasteiger partial charge >= 0.3 is 5.97 Å². The van der Waals surface area contributed by atoms with E-state index >= 15 is 0 Å². The van der Waals surface area contributed by atoms with Crippen molar-refractivity contribution < 1.29 is 14.6 Å². The minimum Gasteiger partial charge on any atom is -0.469 e. The van der Waals surface area contributed by atoms with Gasteiger partial charge in [-0.05, 0) is 42.6 Å². The first-order valence-corrected chi connectivity index (χ1v) is 7.23. The number of carbonyl (C=O) groups excluding carboxylic acids is 1. The van der Waals surface area contributed by atoms with Gasteiger partial charge in [0.25, 0.3) is 0 Å². The molecule has 0 aromatic heterocycles. The van der Waals surface area contributed by atoms with Crippen molar-refractivity contribution in [3.63, 3.8) is 0 Å². The maximum absolute atomic E-state index is 11.3.